The number of rotatable bonds is 3. The smallest absolute Gasteiger partial charge is 0.0110 e. The Bertz CT molecular complexity index is 148. The Morgan fingerprint density at radius 1 is 1.23 bits per heavy atom. The first-order valence-corrected chi connectivity index (χ1v) is 5.49. The van der Waals surface area contributed by atoms with Crippen molar-refractivity contribution in [3.05, 3.63) is 0 Å². The van der Waals surface area contributed by atoms with Crippen molar-refractivity contribution in [2.75, 3.05) is 46.3 Å². The maximum Gasteiger partial charge on any atom is 0.0110 e. The normalized spacial score (nSPS) is 31.6. The molecule has 0 amide bonds. The van der Waals surface area contributed by atoms with E-state index in [0.717, 1.165) is 6.04 Å². The highest BCUT2D eigenvalue weighted by atomic mass is 15.2. The van der Waals surface area contributed by atoms with E-state index in [1.165, 1.54) is 52.1 Å². The van der Waals surface area contributed by atoms with Crippen LogP contribution in [0.4, 0.5) is 0 Å². The summed E-state index contributed by atoms with van der Waals surface area (Å²) in [6.07, 6.45) is 2.75. The van der Waals surface area contributed by atoms with Gasteiger partial charge in [-0.2, -0.15) is 0 Å². The van der Waals surface area contributed by atoms with Crippen molar-refractivity contribution in [3.8, 4) is 0 Å². The number of hydrogen-bond acceptors (Lipinski definition) is 3. The largest absolute Gasteiger partial charge is 0.314 e. The molecular weight excluding hydrogens is 162 g/mol. The van der Waals surface area contributed by atoms with Crippen LogP contribution in [0.3, 0.4) is 0 Å². The average molecular weight is 183 g/mol. The molecule has 0 bridgehead atoms. The molecule has 1 N–H and O–H groups in total. The first-order chi connectivity index (χ1) is 6.34. The maximum atomic E-state index is 3.46. The Hall–Kier alpha value is -0.120. The summed E-state index contributed by atoms with van der Waals surface area (Å²) in [6, 6.07) is 0.833. The molecule has 0 spiro atoms. The second-order valence-corrected chi connectivity index (χ2v) is 4.37. The molecule has 2 saturated heterocycles. The van der Waals surface area contributed by atoms with Gasteiger partial charge in [0.1, 0.15) is 0 Å². The van der Waals surface area contributed by atoms with Gasteiger partial charge in [0.15, 0.2) is 0 Å². The van der Waals surface area contributed by atoms with E-state index in [2.05, 4.69) is 22.2 Å². The zero-order valence-electron chi connectivity index (χ0n) is 8.63. The summed E-state index contributed by atoms with van der Waals surface area (Å²) >= 11 is 0. The van der Waals surface area contributed by atoms with Crippen LogP contribution in [0.1, 0.15) is 12.8 Å². The molecule has 1 unspecified atom stereocenters. The van der Waals surface area contributed by atoms with Gasteiger partial charge in [0, 0.05) is 32.2 Å². The third kappa shape index (κ3) is 2.66. The minimum Gasteiger partial charge on any atom is -0.314 e. The summed E-state index contributed by atoms with van der Waals surface area (Å²) in [7, 11) is 2.21. The van der Waals surface area contributed by atoms with E-state index in [4.69, 9.17) is 0 Å². The predicted molar refractivity (Wildman–Crippen MR) is 55.0 cm³/mol. The number of nitrogens with one attached hydrogen (secondary N) is 1. The molecule has 0 radical (unpaired) electrons. The second-order valence-electron chi connectivity index (χ2n) is 4.37. The van der Waals surface area contributed by atoms with Crippen LogP contribution in [0.5, 0.6) is 0 Å². The first kappa shape index (κ1) is 9.44. The topological polar surface area (TPSA) is 18.5 Å². The summed E-state index contributed by atoms with van der Waals surface area (Å²) in [4.78, 5) is 5.01. The van der Waals surface area contributed by atoms with Crippen LogP contribution in [-0.4, -0.2) is 62.2 Å². The monoisotopic (exact) mass is 183 g/mol. The molecule has 2 heterocycles. The molecule has 3 heteroatoms. The van der Waals surface area contributed by atoms with Crippen LogP contribution in [0.15, 0.2) is 0 Å². The average Bonchev–Trinajstić information content (AvgIpc) is 2.05. The summed E-state index contributed by atoms with van der Waals surface area (Å²) in [5.74, 6) is 0. The quantitative estimate of drug-likeness (QED) is 0.664. The van der Waals surface area contributed by atoms with Crippen LogP contribution in [0.25, 0.3) is 0 Å². The highest BCUT2D eigenvalue weighted by Crippen LogP contribution is 2.08. The van der Waals surface area contributed by atoms with Gasteiger partial charge in [-0.25, -0.2) is 0 Å². The van der Waals surface area contributed by atoms with Gasteiger partial charge in [0.25, 0.3) is 0 Å². The fourth-order valence-corrected chi connectivity index (χ4v) is 2.00. The zero-order valence-corrected chi connectivity index (χ0v) is 8.63. The Balaban J connectivity index is 1.59. The highest BCUT2D eigenvalue weighted by Gasteiger charge is 2.19. The Kier molecular flexibility index (Phi) is 3.19. The molecule has 76 valence electrons. The lowest BCUT2D eigenvalue weighted by molar-refractivity contribution is 0.144. The molecule has 2 rings (SSSR count). The van der Waals surface area contributed by atoms with Crippen molar-refractivity contribution in [1.82, 2.24) is 15.1 Å². The van der Waals surface area contributed by atoms with Crippen LogP contribution in [0.2, 0.25) is 0 Å². The van der Waals surface area contributed by atoms with Gasteiger partial charge in [-0.3, -0.25) is 0 Å². The minimum atomic E-state index is 0.833. The summed E-state index contributed by atoms with van der Waals surface area (Å²) < 4.78 is 0. The molecule has 2 aliphatic rings. The van der Waals surface area contributed by atoms with Crippen LogP contribution in [0, 0.1) is 0 Å². The molecular formula is C10H21N3. The fourth-order valence-electron chi connectivity index (χ4n) is 2.00. The maximum absolute atomic E-state index is 3.46. The lowest BCUT2D eigenvalue weighted by atomic mass is 10.0. The molecule has 0 aromatic carbocycles. The van der Waals surface area contributed by atoms with Gasteiger partial charge in [0.05, 0.1) is 0 Å². The zero-order chi connectivity index (χ0) is 9.10. The Morgan fingerprint density at radius 3 is 2.46 bits per heavy atom. The van der Waals surface area contributed by atoms with Gasteiger partial charge in [-0.05, 0) is 33.0 Å². The van der Waals surface area contributed by atoms with Gasteiger partial charge >= 0.3 is 0 Å². The van der Waals surface area contributed by atoms with Crippen LogP contribution >= 0.6 is 0 Å². The fraction of sp³-hybridized carbons (Fsp3) is 1.00. The van der Waals surface area contributed by atoms with Crippen molar-refractivity contribution in [3.63, 3.8) is 0 Å². The molecule has 0 aromatic heterocycles. The second kappa shape index (κ2) is 4.40. The summed E-state index contributed by atoms with van der Waals surface area (Å²) in [5, 5.41) is 3.46. The van der Waals surface area contributed by atoms with Gasteiger partial charge < -0.3 is 15.1 Å². The highest BCUT2D eigenvalue weighted by molar-refractivity contribution is 4.79. The van der Waals surface area contributed by atoms with E-state index in [1.54, 1.807) is 0 Å². The Morgan fingerprint density at radius 2 is 1.92 bits per heavy atom. The first-order valence-electron chi connectivity index (χ1n) is 5.49. The summed E-state index contributed by atoms with van der Waals surface area (Å²) in [5.41, 5.74) is 0. The molecule has 0 aromatic rings. The Labute approximate surface area is 81.1 Å². The number of piperazine rings is 1. The number of nitrogens with zero attached hydrogens (tertiary/aromatic N) is 2. The van der Waals surface area contributed by atoms with E-state index in [1.807, 2.05) is 0 Å². The van der Waals surface area contributed by atoms with Gasteiger partial charge in [0.2, 0.25) is 0 Å². The molecule has 2 aliphatic heterocycles. The lowest BCUT2D eigenvalue weighted by Gasteiger charge is -2.35. The van der Waals surface area contributed by atoms with E-state index in [9.17, 15) is 0 Å². The molecule has 1 atom stereocenters. The van der Waals surface area contributed by atoms with Crippen molar-refractivity contribution in [2.24, 2.45) is 0 Å². The third-order valence-corrected chi connectivity index (χ3v) is 3.32. The van der Waals surface area contributed by atoms with Crippen molar-refractivity contribution in [1.29, 1.82) is 0 Å². The standard InChI is InChI=1S/C10H21N3/c1-12-6-8-13(9-7-12)5-3-10-2-4-11-10/h10-11H,2-9H2,1H3. The molecule has 13 heavy (non-hydrogen) atoms. The molecule has 2 fully saturated rings. The molecule has 0 aliphatic carbocycles. The van der Waals surface area contributed by atoms with Gasteiger partial charge in [-0.1, -0.05) is 0 Å². The van der Waals surface area contributed by atoms with Crippen molar-refractivity contribution >= 4 is 0 Å². The number of likely N-dealkylation sites (N-methyl/N-ethyl adjacent to an activating group) is 1. The minimum absolute atomic E-state index is 0.833. The van der Waals surface area contributed by atoms with Crippen LogP contribution < -0.4 is 5.32 Å². The molecule has 3 nitrogen and oxygen atoms in total. The van der Waals surface area contributed by atoms with E-state index in [0.29, 0.717) is 0 Å². The van der Waals surface area contributed by atoms with Crippen LogP contribution in [-0.2, 0) is 0 Å². The predicted octanol–water partition coefficient (Wildman–Crippen LogP) is -0.0142. The van der Waals surface area contributed by atoms with E-state index in [-0.39, 0.29) is 0 Å². The molecule has 0 saturated carbocycles. The summed E-state index contributed by atoms with van der Waals surface area (Å²) in [6.45, 7) is 7.57. The van der Waals surface area contributed by atoms with E-state index < -0.39 is 0 Å². The van der Waals surface area contributed by atoms with Crippen molar-refractivity contribution in [2.45, 2.75) is 18.9 Å². The van der Waals surface area contributed by atoms with Crippen molar-refractivity contribution < 1.29 is 0 Å². The number of hydrogen-bond donors (Lipinski definition) is 1. The lowest BCUT2D eigenvalue weighted by Crippen LogP contribution is -2.48. The SMILES string of the molecule is CN1CCN(CCC2CCN2)CC1. The third-order valence-electron chi connectivity index (χ3n) is 3.32. The van der Waals surface area contributed by atoms with E-state index >= 15 is 0 Å². The van der Waals surface area contributed by atoms with Gasteiger partial charge in [-0.15, -0.1) is 0 Å².